The molecular formula is C19H16N2O3. The second kappa shape index (κ2) is 6.91. The Morgan fingerprint density at radius 3 is 2.29 bits per heavy atom. The van der Waals surface area contributed by atoms with E-state index >= 15 is 0 Å². The molecule has 5 heteroatoms. The lowest BCUT2D eigenvalue weighted by molar-refractivity contribution is -0.137. The first kappa shape index (κ1) is 15.7. The number of amidine groups is 1. The molecule has 2 aromatic carbocycles. The lowest BCUT2D eigenvalue weighted by Gasteiger charge is -2.17. The van der Waals surface area contributed by atoms with Crippen LogP contribution in [0.15, 0.2) is 71.4 Å². The van der Waals surface area contributed by atoms with Crippen molar-refractivity contribution >= 4 is 23.8 Å². The van der Waals surface area contributed by atoms with E-state index in [1.54, 1.807) is 6.08 Å². The van der Waals surface area contributed by atoms with Gasteiger partial charge >= 0.3 is 5.97 Å². The first-order valence-electron chi connectivity index (χ1n) is 7.59. The van der Waals surface area contributed by atoms with Gasteiger partial charge in [0.1, 0.15) is 11.5 Å². The molecule has 1 aliphatic heterocycles. The summed E-state index contributed by atoms with van der Waals surface area (Å²) in [4.78, 5) is 29.4. The molecule has 120 valence electrons. The van der Waals surface area contributed by atoms with Crippen LogP contribution in [0.5, 0.6) is 0 Å². The summed E-state index contributed by atoms with van der Waals surface area (Å²) < 4.78 is 0. The van der Waals surface area contributed by atoms with Gasteiger partial charge in [0, 0.05) is 12.1 Å². The average Bonchev–Trinajstić information content (AvgIpc) is 2.91. The molecule has 0 fully saturated rings. The molecule has 0 saturated heterocycles. The van der Waals surface area contributed by atoms with Crippen LogP contribution in [0.25, 0.3) is 6.08 Å². The van der Waals surface area contributed by atoms with Gasteiger partial charge in [-0.05, 0) is 11.6 Å². The molecule has 5 nitrogen and oxygen atoms in total. The number of carboxylic acids is 1. The van der Waals surface area contributed by atoms with Crippen LogP contribution in [0, 0.1) is 0 Å². The SMILES string of the molecule is O=C(O)CCN1C(=O)C(=Cc2ccccc2)N=C1c1ccccc1. The molecular weight excluding hydrogens is 304 g/mol. The predicted molar refractivity (Wildman–Crippen MR) is 91.4 cm³/mol. The molecule has 0 radical (unpaired) electrons. The number of rotatable bonds is 5. The van der Waals surface area contributed by atoms with E-state index in [1.165, 1.54) is 4.90 Å². The van der Waals surface area contributed by atoms with Crippen molar-refractivity contribution in [2.75, 3.05) is 6.54 Å². The van der Waals surface area contributed by atoms with E-state index in [9.17, 15) is 9.59 Å². The highest BCUT2D eigenvalue weighted by Crippen LogP contribution is 2.22. The molecule has 1 heterocycles. The zero-order valence-corrected chi connectivity index (χ0v) is 12.9. The summed E-state index contributed by atoms with van der Waals surface area (Å²) in [5.41, 5.74) is 1.97. The second-order valence-corrected chi connectivity index (χ2v) is 5.34. The maximum absolute atomic E-state index is 12.7. The van der Waals surface area contributed by atoms with E-state index < -0.39 is 5.97 Å². The van der Waals surface area contributed by atoms with Gasteiger partial charge in [0.05, 0.1) is 6.42 Å². The van der Waals surface area contributed by atoms with Crippen LogP contribution in [0.2, 0.25) is 0 Å². The topological polar surface area (TPSA) is 70.0 Å². The van der Waals surface area contributed by atoms with Gasteiger partial charge in [-0.1, -0.05) is 60.7 Å². The maximum atomic E-state index is 12.7. The van der Waals surface area contributed by atoms with Crippen molar-refractivity contribution in [3.05, 3.63) is 77.5 Å². The minimum absolute atomic E-state index is 0.0913. The van der Waals surface area contributed by atoms with Crippen molar-refractivity contribution in [2.45, 2.75) is 6.42 Å². The Labute approximate surface area is 139 Å². The van der Waals surface area contributed by atoms with E-state index in [1.807, 2.05) is 60.7 Å². The Hall–Kier alpha value is -3.21. The monoisotopic (exact) mass is 320 g/mol. The lowest BCUT2D eigenvalue weighted by atomic mass is 10.2. The van der Waals surface area contributed by atoms with Gasteiger partial charge in [0.25, 0.3) is 5.91 Å². The van der Waals surface area contributed by atoms with Crippen LogP contribution >= 0.6 is 0 Å². The highest BCUT2D eigenvalue weighted by atomic mass is 16.4. The summed E-state index contributed by atoms with van der Waals surface area (Å²) in [6.07, 6.45) is 1.59. The molecule has 24 heavy (non-hydrogen) atoms. The van der Waals surface area contributed by atoms with Crippen molar-refractivity contribution in [1.29, 1.82) is 0 Å². The van der Waals surface area contributed by atoms with Gasteiger partial charge in [-0.2, -0.15) is 0 Å². The van der Waals surface area contributed by atoms with Crippen molar-refractivity contribution in [2.24, 2.45) is 4.99 Å². The van der Waals surface area contributed by atoms with E-state index in [4.69, 9.17) is 5.11 Å². The number of hydrogen-bond donors (Lipinski definition) is 1. The van der Waals surface area contributed by atoms with Crippen molar-refractivity contribution in [3.63, 3.8) is 0 Å². The summed E-state index contributed by atoms with van der Waals surface area (Å²) in [6.45, 7) is 0.0913. The van der Waals surface area contributed by atoms with Crippen LogP contribution in [-0.4, -0.2) is 34.3 Å². The van der Waals surface area contributed by atoms with Gasteiger partial charge < -0.3 is 5.11 Å². The molecule has 0 atom stereocenters. The van der Waals surface area contributed by atoms with E-state index in [-0.39, 0.29) is 18.9 Å². The van der Waals surface area contributed by atoms with Gasteiger partial charge in [0.2, 0.25) is 0 Å². The quantitative estimate of drug-likeness (QED) is 0.861. The molecule has 3 rings (SSSR count). The van der Waals surface area contributed by atoms with E-state index in [0.29, 0.717) is 11.5 Å². The number of nitrogens with zero attached hydrogens (tertiary/aromatic N) is 2. The average molecular weight is 320 g/mol. The first-order chi connectivity index (χ1) is 11.6. The molecule has 0 saturated carbocycles. The Morgan fingerprint density at radius 1 is 1.04 bits per heavy atom. The van der Waals surface area contributed by atoms with Crippen LogP contribution in [-0.2, 0) is 9.59 Å². The largest absolute Gasteiger partial charge is 0.481 e. The third-order valence-corrected chi connectivity index (χ3v) is 3.63. The maximum Gasteiger partial charge on any atom is 0.305 e. The first-order valence-corrected chi connectivity index (χ1v) is 7.59. The fourth-order valence-corrected chi connectivity index (χ4v) is 2.48. The highest BCUT2D eigenvalue weighted by molar-refractivity contribution is 6.19. The van der Waals surface area contributed by atoms with Crippen LogP contribution < -0.4 is 0 Å². The predicted octanol–water partition coefficient (Wildman–Crippen LogP) is 2.79. The fourth-order valence-electron chi connectivity index (χ4n) is 2.48. The molecule has 0 bridgehead atoms. The molecule has 0 aromatic heterocycles. The fraction of sp³-hybridized carbons (Fsp3) is 0.105. The summed E-state index contributed by atoms with van der Waals surface area (Å²) in [7, 11) is 0. The normalized spacial score (nSPS) is 15.7. The zero-order chi connectivity index (χ0) is 16.9. The molecule has 0 spiro atoms. The molecule has 2 aromatic rings. The zero-order valence-electron chi connectivity index (χ0n) is 12.9. The minimum Gasteiger partial charge on any atom is -0.481 e. The number of benzene rings is 2. The number of hydrogen-bond acceptors (Lipinski definition) is 3. The summed E-state index contributed by atoms with van der Waals surface area (Å²) >= 11 is 0. The highest BCUT2D eigenvalue weighted by Gasteiger charge is 2.31. The lowest BCUT2D eigenvalue weighted by Crippen LogP contribution is -2.34. The number of amides is 1. The minimum atomic E-state index is -0.948. The Morgan fingerprint density at radius 2 is 1.67 bits per heavy atom. The Balaban J connectivity index is 1.97. The number of carbonyl (C=O) groups is 2. The van der Waals surface area contributed by atoms with E-state index in [2.05, 4.69) is 4.99 Å². The standard InChI is InChI=1S/C19H16N2O3/c22-17(23)11-12-21-18(15-9-5-2-6-10-15)20-16(19(21)24)13-14-7-3-1-4-8-14/h1-10,13H,11-12H2,(H,22,23). The second-order valence-electron chi connectivity index (χ2n) is 5.34. The Bertz CT molecular complexity index is 811. The molecule has 1 aliphatic rings. The molecule has 1 N–H and O–H groups in total. The third-order valence-electron chi connectivity index (χ3n) is 3.63. The summed E-state index contributed by atoms with van der Waals surface area (Å²) in [5.74, 6) is -0.737. The van der Waals surface area contributed by atoms with Gasteiger partial charge in [-0.3, -0.25) is 14.5 Å². The Kier molecular flexibility index (Phi) is 4.52. The molecule has 1 amide bonds. The number of aliphatic imine (C=N–C) groups is 1. The third kappa shape index (κ3) is 3.41. The van der Waals surface area contributed by atoms with Crippen LogP contribution in [0.1, 0.15) is 17.5 Å². The number of carboxylic acid groups (broad SMARTS) is 1. The summed E-state index contributed by atoms with van der Waals surface area (Å²) in [6, 6.07) is 18.7. The smallest absolute Gasteiger partial charge is 0.305 e. The van der Waals surface area contributed by atoms with Crippen molar-refractivity contribution < 1.29 is 14.7 Å². The molecule has 0 unspecified atom stereocenters. The molecule has 0 aliphatic carbocycles. The van der Waals surface area contributed by atoms with Gasteiger partial charge in [-0.15, -0.1) is 0 Å². The van der Waals surface area contributed by atoms with Gasteiger partial charge in [-0.25, -0.2) is 4.99 Å². The summed E-state index contributed by atoms with van der Waals surface area (Å²) in [5, 5.41) is 8.93. The number of aliphatic carboxylic acids is 1. The van der Waals surface area contributed by atoms with Crippen molar-refractivity contribution in [1.82, 2.24) is 4.90 Å². The van der Waals surface area contributed by atoms with Crippen molar-refractivity contribution in [3.8, 4) is 0 Å². The number of carbonyl (C=O) groups excluding carboxylic acids is 1. The van der Waals surface area contributed by atoms with E-state index in [0.717, 1.165) is 11.1 Å². The van der Waals surface area contributed by atoms with Crippen LogP contribution in [0.4, 0.5) is 0 Å². The van der Waals surface area contributed by atoms with Gasteiger partial charge in [0.15, 0.2) is 0 Å². The van der Waals surface area contributed by atoms with Crippen LogP contribution in [0.3, 0.4) is 0 Å².